The predicted molar refractivity (Wildman–Crippen MR) is 97.4 cm³/mol. The standard InChI is InChI=1S/C15H13Br2NO5S/c1-7(2)23-12(19)6-18-14(21)11(24-15(18)22)5-8-3-9(16)13(20)10(17)4-8/h3-5,7,20H,6H2,1-2H3/b11-5-. The van der Waals surface area contributed by atoms with Gasteiger partial charge in [-0.15, -0.1) is 0 Å². The van der Waals surface area contributed by atoms with E-state index in [0.717, 1.165) is 16.7 Å². The van der Waals surface area contributed by atoms with Gasteiger partial charge in [-0.2, -0.15) is 0 Å². The Morgan fingerprint density at radius 3 is 2.46 bits per heavy atom. The molecule has 6 nitrogen and oxygen atoms in total. The number of carbonyl (C=O) groups is 3. The SMILES string of the molecule is CC(C)OC(=O)CN1C(=O)S/C(=C\c2cc(Br)c(O)c(Br)c2)C1=O. The van der Waals surface area contributed by atoms with Crippen LogP contribution in [0.4, 0.5) is 4.79 Å². The van der Waals surface area contributed by atoms with Crippen LogP contribution in [0, 0.1) is 0 Å². The van der Waals surface area contributed by atoms with Crippen LogP contribution in [0.1, 0.15) is 19.4 Å². The van der Waals surface area contributed by atoms with Crippen LogP contribution in [0.3, 0.4) is 0 Å². The van der Waals surface area contributed by atoms with Gasteiger partial charge in [0.25, 0.3) is 11.1 Å². The van der Waals surface area contributed by atoms with Crippen molar-refractivity contribution < 1.29 is 24.2 Å². The molecule has 1 fully saturated rings. The van der Waals surface area contributed by atoms with Gasteiger partial charge in [0, 0.05) is 0 Å². The van der Waals surface area contributed by atoms with Crippen LogP contribution in [0.15, 0.2) is 26.0 Å². The topological polar surface area (TPSA) is 83.9 Å². The van der Waals surface area contributed by atoms with E-state index in [9.17, 15) is 19.5 Å². The Morgan fingerprint density at radius 1 is 1.33 bits per heavy atom. The third-order valence-electron chi connectivity index (χ3n) is 2.86. The number of aromatic hydroxyl groups is 1. The van der Waals surface area contributed by atoms with Gasteiger partial charge in [-0.3, -0.25) is 19.3 Å². The van der Waals surface area contributed by atoms with Crippen molar-refractivity contribution in [3.63, 3.8) is 0 Å². The fraction of sp³-hybridized carbons (Fsp3) is 0.267. The number of phenolic OH excluding ortho intramolecular Hbond substituents is 1. The van der Waals surface area contributed by atoms with E-state index in [0.29, 0.717) is 14.5 Å². The molecule has 1 saturated heterocycles. The van der Waals surface area contributed by atoms with E-state index in [1.165, 1.54) is 6.08 Å². The first-order valence-electron chi connectivity index (χ1n) is 6.82. The van der Waals surface area contributed by atoms with E-state index < -0.39 is 23.7 Å². The fourth-order valence-electron chi connectivity index (χ4n) is 1.89. The van der Waals surface area contributed by atoms with Crippen molar-refractivity contribution in [2.24, 2.45) is 0 Å². The maximum Gasteiger partial charge on any atom is 0.326 e. The smallest absolute Gasteiger partial charge is 0.326 e. The molecule has 24 heavy (non-hydrogen) atoms. The number of benzene rings is 1. The van der Waals surface area contributed by atoms with Crippen LogP contribution >= 0.6 is 43.6 Å². The summed E-state index contributed by atoms with van der Waals surface area (Å²) in [5, 5.41) is 9.17. The molecule has 1 heterocycles. The Kier molecular flexibility index (Phi) is 6.11. The molecule has 0 aromatic heterocycles. The molecule has 1 aromatic rings. The second-order valence-electron chi connectivity index (χ2n) is 5.14. The number of phenols is 1. The highest BCUT2D eigenvalue weighted by molar-refractivity contribution is 9.11. The van der Waals surface area contributed by atoms with Crippen LogP contribution in [0.25, 0.3) is 6.08 Å². The number of hydrogen-bond donors (Lipinski definition) is 1. The summed E-state index contributed by atoms with van der Waals surface area (Å²) in [6, 6.07) is 3.22. The third kappa shape index (κ3) is 4.40. The summed E-state index contributed by atoms with van der Waals surface area (Å²) in [6.45, 7) is 2.96. The summed E-state index contributed by atoms with van der Waals surface area (Å²) in [5.41, 5.74) is 0.613. The van der Waals surface area contributed by atoms with Gasteiger partial charge in [0.2, 0.25) is 0 Å². The molecule has 0 saturated carbocycles. The molecule has 0 spiro atoms. The molecule has 2 rings (SSSR count). The average molecular weight is 479 g/mol. The van der Waals surface area contributed by atoms with Gasteiger partial charge in [0.05, 0.1) is 20.0 Å². The average Bonchev–Trinajstić information content (AvgIpc) is 2.71. The van der Waals surface area contributed by atoms with E-state index in [-0.39, 0.29) is 16.8 Å². The van der Waals surface area contributed by atoms with Crippen LogP contribution in [-0.2, 0) is 14.3 Å². The first kappa shape index (κ1) is 19.0. The summed E-state index contributed by atoms with van der Waals surface area (Å²) < 4.78 is 5.85. The van der Waals surface area contributed by atoms with Crippen LogP contribution in [-0.4, -0.2) is 39.8 Å². The van der Waals surface area contributed by atoms with Gasteiger partial charge in [0.1, 0.15) is 12.3 Å². The molecule has 1 N–H and O–H groups in total. The quantitative estimate of drug-likeness (QED) is 0.521. The molecule has 0 bridgehead atoms. The van der Waals surface area contributed by atoms with Gasteiger partial charge in [-0.05, 0) is 81.2 Å². The maximum atomic E-state index is 12.3. The monoisotopic (exact) mass is 477 g/mol. The Bertz CT molecular complexity index is 724. The highest BCUT2D eigenvalue weighted by atomic mass is 79.9. The zero-order valence-electron chi connectivity index (χ0n) is 12.7. The molecule has 1 aliphatic heterocycles. The van der Waals surface area contributed by atoms with Gasteiger partial charge < -0.3 is 9.84 Å². The number of rotatable bonds is 4. The molecule has 0 atom stereocenters. The lowest BCUT2D eigenvalue weighted by Gasteiger charge is -2.13. The van der Waals surface area contributed by atoms with Crippen molar-refractivity contribution in [1.29, 1.82) is 0 Å². The van der Waals surface area contributed by atoms with E-state index in [4.69, 9.17) is 4.74 Å². The van der Waals surface area contributed by atoms with E-state index in [2.05, 4.69) is 31.9 Å². The lowest BCUT2D eigenvalue weighted by Crippen LogP contribution is -2.35. The molecule has 2 amide bonds. The summed E-state index contributed by atoms with van der Waals surface area (Å²) in [4.78, 5) is 37.0. The van der Waals surface area contributed by atoms with Gasteiger partial charge >= 0.3 is 5.97 Å². The highest BCUT2D eigenvalue weighted by Crippen LogP contribution is 2.36. The van der Waals surface area contributed by atoms with Crippen molar-refractivity contribution in [1.82, 2.24) is 4.90 Å². The summed E-state index contributed by atoms with van der Waals surface area (Å²) >= 11 is 7.15. The lowest BCUT2D eigenvalue weighted by atomic mass is 10.2. The molecule has 0 aliphatic carbocycles. The maximum absolute atomic E-state index is 12.3. The molecule has 128 valence electrons. The van der Waals surface area contributed by atoms with Crippen LogP contribution < -0.4 is 0 Å². The number of ether oxygens (including phenoxy) is 1. The van der Waals surface area contributed by atoms with Crippen molar-refractivity contribution >= 4 is 66.8 Å². The highest BCUT2D eigenvalue weighted by Gasteiger charge is 2.36. The largest absolute Gasteiger partial charge is 0.506 e. The molecular formula is C15H13Br2NO5S. The van der Waals surface area contributed by atoms with Crippen molar-refractivity contribution in [3.8, 4) is 5.75 Å². The van der Waals surface area contributed by atoms with Crippen molar-refractivity contribution in [3.05, 3.63) is 31.5 Å². The lowest BCUT2D eigenvalue weighted by molar-refractivity contribution is -0.149. The fourth-order valence-corrected chi connectivity index (χ4v) is 3.95. The number of imide groups is 1. The number of carbonyl (C=O) groups excluding carboxylic acids is 3. The molecule has 0 unspecified atom stereocenters. The Labute approximate surface area is 159 Å². The molecule has 1 aliphatic rings. The molecular weight excluding hydrogens is 466 g/mol. The minimum atomic E-state index is -0.635. The number of esters is 1. The minimum Gasteiger partial charge on any atom is -0.506 e. The first-order chi connectivity index (χ1) is 11.2. The Balaban J connectivity index is 2.20. The third-order valence-corrected chi connectivity index (χ3v) is 4.98. The molecule has 9 heteroatoms. The van der Waals surface area contributed by atoms with E-state index in [1.807, 2.05) is 0 Å². The Morgan fingerprint density at radius 2 is 1.92 bits per heavy atom. The number of thioether (sulfide) groups is 1. The second kappa shape index (κ2) is 7.71. The predicted octanol–water partition coefficient (Wildman–Crippen LogP) is 3.91. The summed E-state index contributed by atoms with van der Waals surface area (Å²) in [7, 11) is 0. The van der Waals surface area contributed by atoms with Gasteiger partial charge in [0.15, 0.2) is 0 Å². The second-order valence-corrected chi connectivity index (χ2v) is 7.84. The number of halogens is 2. The number of hydrogen-bond acceptors (Lipinski definition) is 6. The molecule has 1 aromatic carbocycles. The van der Waals surface area contributed by atoms with Crippen molar-refractivity contribution in [2.75, 3.05) is 6.54 Å². The first-order valence-corrected chi connectivity index (χ1v) is 9.22. The normalized spacial score (nSPS) is 16.4. The zero-order valence-corrected chi connectivity index (χ0v) is 16.7. The summed E-state index contributed by atoms with van der Waals surface area (Å²) in [6.07, 6.45) is 1.20. The number of amides is 2. The van der Waals surface area contributed by atoms with Gasteiger partial charge in [-0.1, -0.05) is 0 Å². The van der Waals surface area contributed by atoms with E-state index >= 15 is 0 Å². The van der Waals surface area contributed by atoms with Gasteiger partial charge in [-0.25, -0.2) is 0 Å². The van der Waals surface area contributed by atoms with E-state index in [1.54, 1.807) is 26.0 Å². The molecule has 0 radical (unpaired) electrons. The Hall–Kier alpha value is -1.32. The minimum absolute atomic E-state index is 0.0386. The number of nitrogens with zero attached hydrogens (tertiary/aromatic N) is 1. The van der Waals surface area contributed by atoms with Crippen molar-refractivity contribution in [2.45, 2.75) is 20.0 Å². The zero-order chi connectivity index (χ0) is 18.0. The van der Waals surface area contributed by atoms with Crippen LogP contribution in [0.5, 0.6) is 5.75 Å². The van der Waals surface area contributed by atoms with Crippen LogP contribution in [0.2, 0.25) is 0 Å². The summed E-state index contributed by atoms with van der Waals surface area (Å²) in [5.74, 6) is -1.15.